The molecule has 0 saturated carbocycles. The number of nitrogens with one attached hydrogen (secondary N) is 1. The first-order valence-corrected chi connectivity index (χ1v) is 7.92. The number of methoxy groups -OCH3 is 1. The van der Waals surface area contributed by atoms with Crippen LogP contribution in [-0.4, -0.2) is 49.3 Å². The number of benzene rings is 1. The van der Waals surface area contributed by atoms with Crippen LogP contribution in [0.15, 0.2) is 18.2 Å². The largest absolute Gasteiger partial charge is 0.496 e. The van der Waals surface area contributed by atoms with Crippen LogP contribution in [0.25, 0.3) is 0 Å². The van der Waals surface area contributed by atoms with Crippen LogP contribution in [0.4, 0.5) is 0 Å². The highest BCUT2D eigenvalue weighted by Gasteiger charge is 2.20. The van der Waals surface area contributed by atoms with E-state index in [4.69, 9.17) is 16.3 Å². The third-order valence-corrected chi connectivity index (χ3v) is 4.18. The van der Waals surface area contributed by atoms with Gasteiger partial charge in [-0.15, -0.1) is 0 Å². The Morgan fingerprint density at radius 3 is 3.09 bits per heavy atom. The van der Waals surface area contributed by atoms with Gasteiger partial charge in [0.2, 0.25) is 5.91 Å². The van der Waals surface area contributed by atoms with Crippen LogP contribution in [0.2, 0.25) is 5.02 Å². The van der Waals surface area contributed by atoms with Crippen molar-refractivity contribution >= 4 is 17.5 Å². The Bertz CT molecular complexity index is 510. The molecule has 2 N–H and O–H groups in total. The fraction of sp³-hybridized carbons (Fsp3) is 0.562. The molecular weight excluding hydrogens is 304 g/mol. The van der Waals surface area contributed by atoms with Gasteiger partial charge in [-0.05, 0) is 43.5 Å². The minimum Gasteiger partial charge on any atom is -0.496 e. The quantitative estimate of drug-likeness (QED) is 0.835. The van der Waals surface area contributed by atoms with Crippen molar-refractivity contribution in [1.82, 2.24) is 10.2 Å². The van der Waals surface area contributed by atoms with Gasteiger partial charge in [-0.3, -0.25) is 9.69 Å². The summed E-state index contributed by atoms with van der Waals surface area (Å²) >= 11 is 5.98. The number of ether oxygens (including phenoxy) is 1. The van der Waals surface area contributed by atoms with Crippen molar-refractivity contribution in [2.24, 2.45) is 5.92 Å². The van der Waals surface area contributed by atoms with Crippen LogP contribution in [0.3, 0.4) is 0 Å². The van der Waals surface area contributed by atoms with E-state index in [-0.39, 0.29) is 18.4 Å². The number of aliphatic hydroxyl groups excluding tert-OH is 1. The van der Waals surface area contributed by atoms with E-state index >= 15 is 0 Å². The van der Waals surface area contributed by atoms with Gasteiger partial charge in [0, 0.05) is 30.3 Å². The number of halogens is 1. The number of hydrogen-bond acceptors (Lipinski definition) is 4. The zero-order valence-electron chi connectivity index (χ0n) is 12.8. The summed E-state index contributed by atoms with van der Waals surface area (Å²) in [5.41, 5.74) is 0.857. The maximum absolute atomic E-state index is 12.1. The minimum absolute atomic E-state index is 0.0272. The minimum atomic E-state index is -0.0272. The van der Waals surface area contributed by atoms with Gasteiger partial charge in [0.1, 0.15) is 5.75 Å². The molecular formula is C16H23ClN2O3. The normalized spacial score (nSPS) is 19.0. The number of aliphatic hydroxyl groups is 1. The lowest BCUT2D eigenvalue weighted by atomic mass is 9.99. The smallest absolute Gasteiger partial charge is 0.234 e. The van der Waals surface area contributed by atoms with Gasteiger partial charge in [0.05, 0.1) is 13.7 Å². The average molecular weight is 327 g/mol. The number of carbonyl (C=O) groups excluding carboxylic acids is 1. The molecule has 0 bridgehead atoms. The van der Waals surface area contributed by atoms with Crippen LogP contribution in [0.5, 0.6) is 5.75 Å². The molecule has 2 rings (SSSR count). The molecule has 0 radical (unpaired) electrons. The molecule has 1 amide bonds. The molecule has 1 aliphatic heterocycles. The molecule has 5 nitrogen and oxygen atoms in total. The van der Waals surface area contributed by atoms with Gasteiger partial charge in [0.25, 0.3) is 0 Å². The van der Waals surface area contributed by atoms with E-state index in [1.165, 1.54) is 0 Å². The molecule has 22 heavy (non-hydrogen) atoms. The number of likely N-dealkylation sites (tertiary alicyclic amines) is 1. The molecule has 1 saturated heterocycles. The van der Waals surface area contributed by atoms with Crippen molar-refractivity contribution < 1.29 is 14.6 Å². The van der Waals surface area contributed by atoms with Gasteiger partial charge in [-0.1, -0.05) is 11.6 Å². The van der Waals surface area contributed by atoms with E-state index in [0.29, 0.717) is 23.9 Å². The second-order valence-corrected chi connectivity index (χ2v) is 6.10. The SMILES string of the molecule is COc1ccc(Cl)cc1CNC(=O)CN1CCCC(CO)C1. The lowest BCUT2D eigenvalue weighted by molar-refractivity contribution is -0.122. The van der Waals surface area contributed by atoms with Crippen molar-refractivity contribution in [2.75, 3.05) is 33.4 Å². The zero-order valence-corrected chi connectivity index (χ0v) is 13.6. The molecule has 1 unspecified atom stereocenters. The van der Waals surface area contributed by atoms with Crippen molar-refractivity contribution in [3.63, 3.8) is 0 Å². The highest BCUT2D eigenvalue weighted by Crippen LogP contribution is 2.22. The predicted octanol–water partition coefficient (Wildman–Crippen LogP) is 1.67. The van der Waals surface area contributed by atoms with Crippen LogP contribution in [0.1, 0.15) is 18.4 Å². The Kier molecular flexibility index (Phi) is 6.49. The standard InChI is InChI=1S/C16H23ClN2O3/c1-22-15-5-4-14(17)7-13(15)8-18-16(21)10-19-6-2-3-12(9-19)11-20/h4-5,7,12,20H,2-3,6,8-11H2,1H3,(H,18,21). The summed E-state index contributed by atoms with van der Waals surface area (Å²) in [5, 5.41) is 12.7. The first kappa shape index (κ1) is 17.1. The van der Waals surface area contributed by atoms with Gasteiger partial charge in [0.15, 0.2) is 0 Å². The molecule has 0 spiro atoms. The third-order valence-electron chi connectivity index (χ3n) is 3.95. The molecule has 1 aromatic rings. The molecule has 1 aromatic carbocycles. The maximum Gasteiger partial charge on any atom is 0.234 e. The fourth-order valence-corrected chi connectivity index (χ4v) is 2.98. The van der Waals surface area contributed by atoms with Crippen LogP contribution < -0.4 is 10.1 Å². The molecule has 0 aliphatic carbocycles. The summed E-state index contributed by atoms with van der Waals surface area (Å²) in [6.07, 6.45) is 2.06. The number of amides is 1. The first-order valence-electron chi connectivity index (χ1n) is 7.54. The Hall–Kier alpha value is -1.30. The van der Waals surface area contributed by atoms with Gasteiger partial charge >= 0.3 is 0 Å². The fourth-order valence-electron chi connectivity index (χ4n) is 2.78. The maximum atomic E-state index is 12.1. The van der Waals surface area contributed by atoms with Gasteiger partial charge < -0.3 is 15.2 Å². The highest BCUT2D eigenvalue weighted by molar-refractivity contribution is 6.30. The van der Waals surface area contributed by atoms with Crippen molar-refractivity contribution in [3.8, 4) is 5.75 Å². The molecule has 1 aliphatic rings. The molecule has 122 valence electrons. The zero-order chi connectivity index (χ0) is 15.9. The number of rotatable bonds is 6. The Labute approximate surface area is 136 Å². The topological polar surface area (TPSA) is 61.8 Å². The molecule has 1 atom stereocenters. The number of piperidine rings is 1. The Morgan fingerprint density at radius 2 is 2.36 bits per heavy atom. The number of nitrogens with zero attached hydrogens (tertiary/aromatic N) is 1. The van der Waals surface area contributed by atoms with Crippen LogP contribution in [-0.2, 0) is 11.3 Å². The van der Waals surface area contributed by atoms with E-state index in [0.717, 1.165) is 31.5 Å². The van der Waals surface area contributed by atoms with Crippen LogP contribution >= 0.6 is 11.6 Å². The van der Waals surface area contributed by atoms with E-state index in [1.54, 1.807) is 25.3 Å². The second kappa shape index (κ2) is 8.36. The van der Waals surface area contributed by atoms with Crippen molar-refractivity contribution in [1.29, 1.82) is 0 Å². The molecule has 0 aromatic heterocycles. The number of hydrogen-bond donors (Lipinski definition) is 2. The predicted molar refractivity (Wildman–Crippen MR) is 86.1 cm³/mol. The Balaban J connectivity index is 1.84. The molecule has 6 heteroatoms. The van der Waals surface area contributed by atoms with Gasteiger partial charge in [-0.2, -0.15) is 0 Å². The summed E-state index contributed by atoms with van der Waals surface area (Å²) in [6, 6.07) is 5.35. The third kappa shape index (κ3) is 4.87. The molecule has 1 fully saturated rings. The summed E-state index contributed by atoms with van der Waals surface area (Å²) in [7, 11) is 1.59. The summed E-state index contributed by atoms with van der Waals surface area (Å²) in [4.78, 5) is 14.2. The van der Waals surface area contributed by atoms with Crippen molar-refractivity contribution in [2.45, 2.75) is 19.4 Å². The first-order chi connectivity index (χ1) is 10.6. The summed E-state index contributed by atoms with van der Waals surface area (Å²) in [6.45, 7) is 2.63. The lowest BCUT2D eigenvalue weighted by Crippen LogP contribution is -2.43. The monoisotopic (exact) mass is 326 g/mol. The summed E-state index contributed by atoms with van der Waals surface area (Å²) in [5.74, 6) is 0.971. The van der Waals surface area contributed by atoms with E-state index < -0.39 is 0 Å². The van der Waals surface area contributed by atoms with E-state index in [1.807, 2.05) is 0 Å². The van der Waals surface area contributed by atoms with Crippen molar-refractivity contribution in [3.05, 3.63) is 28.8 Å². The average Bonchev–Trinajstić information content (AvgIpc) is 2.53. The van der Waals surface area contributed by atoms with E-state index in [2.05, 4.69) is 10.2 Å². The van der Waals surface area contributed by atoms with Gasteiger partial charge in [-0.25, -0.2) is 0 Å². The Morgan fingerprint density at radius 1 is 1.55 bits per heavy atom. The van der Waals surface area contributed by atoms with E-state index in [9.17, 15) is 9.90 Å². The lowest BCUT2D eigenvalue weighted by Gasteiger charge is -2.31. The second-order valence-electron chi connectivity index (χ2n) is 5.66. The summed E-state index contributed by atoms with van der Waals surface area (Å²) < 4.78 is 5.26. The highest BCUT2D eigenvalue weighted by atomic mass is 35.5. The molecule has 1 heterocycles. The number of carbonyl (C=O) groups is 1. The van der Waals surface area contributed by atoms with Crippen LogP contribution in [0, 0.1) is 5.92 Å².